The van der Waals surface area contributed by atoms with E-state index in [2.05, 4.69) is 24.1 Å². The molecule has 0 spiro atoms. The van der Waals surface area contributed by atoms with Gasteiger partial charge in [0.2, 0.25) is 11.7 Å². The van der Waals surface area contributed by atoms with Crippen LogP contribution in [-0.4, -0.2) is 51.8 Å². The molecule has 29 heavy (non-hydrogen) atoms. The first-order valence-electron chi connectivity index (χ1n) is 9.91. The summed E-state index contributed by atoms with van der Waals surface area (Å²) in [6.07, 6.45) is 2.54. The molecule has 0 bridgehead atoms. The van der Waals surface area contributed by atoms with Crippen molar-refractivity contribution in [3.8, 4) is 17.2 Å². The fraction of sp³-hybridized carbons (Fsp3) is 0.500. The maximum Gasteiger partial charge on any atom is 0.220 e. The highest BCUT2D eigenvalue weighted by Crippen LogP contribution is 2.40. The van der Waals surface area contributed by atoms with Crippen molar-refractivity contribution in [3.63, 3.8) is 0 Å². The molecule has 0 saturated carbocycles. The summed E-state index contributed by atoms with van der Waals surface area (Å²) in [6.45, 7) is 6.45. The highest BCUT2D eigenvalue weighted by Gasteiger charge is 2.22. The largest absolute Gasteiger partial charge is 0.493 e. The van der Waals surface area contributed by atoms with Crippen LogP contribution in [0.3, 0.4) is 0 Å². The third kappa shape index (κ3) is 5.67. The minimum atomic E-state index is -0.0226. The van der Waals surface area contributed by atoms with Gasteiger partial charge in [-0.2, -0.15) is 0 Å². The van der Waals surface area contributed by atoms with E-state index in [-0.39, 0.29) is 11.9 Å². The molecule has 1 heterocycles. The molecule has 160 valence electrons. The van der Waals surface area contributed by atoms with Crippen molar-refractivity contribution in [1.29, 1.82) is 0 Å². The Morgan fingerprint density at radius 1 is 1.07 bits per heavy atom. The van der Waals surface area contributed by atoms with E-state index in [1.54, 1.807) is 27.6 Å². The van der Waals surface area contributed by atoms with E-state index in [1.807, 2.05) is 24.3 Å². The average Bonchev–Trinajstić information content (AvgIpc) is 3.28. The van der Waals surface area contributed by atoms with Gasteiger partial charge in [0.15, 0.2) is 11.5 Å². The maximum atomic E-state index is 12.5. The molecule has 0 radical (unpaired) electrons. The summed E-state index contributed by atoms with van der Waals surface area (Å²) in [7, 11) is 4.73. The normalized spacial score (nSPS) is 11.9. The Morgan fingerprint density at radius 3 is 2.34 bits per heavy atom. The minimum absolute atomic E-state index is 0.0135. The lowest BCUT2D eigenvalue weighted by atomic mass is 10.1. The van der Waals surface area contributed by atoms with Gasteiger partial charge in [0.1, 0.15) is 5.76 Å². The maximum absolute atomic E-state index is 12.5. The highest BCUT2D eigenvalue weighted by molar-refractivity contribution is 5.76. The quantitative estimate of drug-likeness (QED) is 0.584. The van der Waals surface area contributed by atoms with E-state index in [0.29, 0.717) is 36.6 Å². The van der Waals surface area contributed by atoms with Crippen LogP contribution >= 0.6 is 0 Å². The fourth-order valence-corrected chi connectivity index (χ4v) is 3.46. The molecule has 7 nitrogen and oxygen atoms in total. The first-order valence-corrected chi connectivity index (χ1v) is 9.91. The number of ether oxygens (including phenoxy) is 3. The van der Waals surface area contributed by atoms with Crippen molar-refractivity contribution in [2.45, 2.75) is 32.7 Å². The zero-order chi connectivity index (χ0) is 21.2. The molecule has 2 aromatic rings. The first-order chi connectivity index (χ1) is 14.1. The predicted molar refractivity (Wildman–Crippen MR) is 112 cm³/mol. The number of hydrogen-bond acceptors (Lipinski definition) is 6. The molecule has 1 atom stereocenters. The first kappa shape index (κ1) is 22.6. The third-order valence-electron chi connectivity index (χ3n) is 5.02. The molecule has 1 unspecified atom stereocenters. The summed E-state index contributed by atoms with van der Waals surface area (Å²) >= 11 is 0. The number of hydrogen-bond donors (Lipinski definition) is 1. The molecule has 7 heteroatoms. The van der Waals surface area contributed by atoms with Crippen LogP contribution in [0.4, 0.5) is 0 Å². The standard InChI is InChI=1S/C22H32N2O5/c1-6-24(7-2)17(18-9-8-14-29-18)15-23-20(25)13-11-16-10-12-19(26-3)22(28-5)21(16)27-4/h8-10,12,14,17H,6-7,11,13,15H2,1-5H3,(H,23,25). The Kier molecular flexibility index (Phi) is 8.86. The van der Waals surface area contributed by atoms with Crippen LogP contribution in [0.5, 0.6) is 17.2 Å². The van der Waals surface area contributed by atoms with Gasteiger partial charge in [0, 0.05) is 13.0 Å². The van der Waals surface area contributed by atoms with Crippen molar-refractivity contribution in [1.82, 2.24) is 10.2 Å². The van der Waals surface area contributed by atoms with Crippen LogP contribution in [0.1, 0.15) is 37.6 Å². The van der Waals surface area contributed by atoms with Gasteiger partial charge in [0.05, 0.1) is 33.6 Å². The van der Waals surface area contributed by atoms with Crippen LogP contribution in [0.15, 0.2) is 34.9 Å². The smallest absolute Gasteiger partial charge is 0.220 e. The van der Waals surface area contributed by atoms with Crippen LogP contribution < -0.4 is 19.5 Å². The molecular weight excluding hydrogens is 372 g/mol. The summed E-state index contributed by atoms with van der Waals surface area (Å²) in [4.78, 5) is 14.8. The number of aryl methyl sites for hydroxylation is 1. The Labute approximate surface area is 172 Å². The number of carbonyl (C=O) groups excluding carboxylic acids is 1. The number of carbonyl (C=O) groups is 1. The van der Waals surface area contributed by atoms with Crippen molar-refractivity contribution < 1.29 is 23.4 Å². The van der Waals surface area contributed by atoms with Crippen LogP contribution in [0.25, 0.3) is 0 Å². The number of nitrogens with zero attached hydrogens (tertiary/aromatic N) is 1. The molecule has 0 aliphatic heterocycles. The van der Waals surface area contributed by atoms with Gasteiger partial charge in [-0.1, -0.05) is 19.9 Å². The number of rotatable bonds is 12. The zero-order valence-corrected chi connectivity index (χ0v) is 18.0. The predicted octanol–water partition coefficient (Wildman–Crippen LogP) is 3.44. The van der Waals surface area contributed by atoms with Crippen molar-refractivity contribution >= 4 is 5.91 Å². The number of furan rings is 1. The van der Waals surface area contributed by atoms with E-state index in [9.17, 15) is 4.79 Å². The second kappa shape index (κ2) is 11.4. The topological polar surface area (TPSA) is 73.2 Å². The number of benzene rings is 1. The monoisotopic (exact) mass is 404 g/mol. The Hall–Kier alpha value is -2.67. The number of methoxy groups -OCH3 is 3. The summed E-state index contributed by atoms with van der Waals surface area (Å²) in [5, 5.41) is 3.04. The highest BCUT2D eigenvalue weighted by atomic mass is 16.5. The summed E-state index contributed by atoms with van der Waals surface area (Å²) in [6, 6.07) is 7.55. The zero-order valence-electron chi connectivity index (χ0n) is 18.0. The van der Waals surface area contributed by atoms with Gasteiger partial charge in [-0.3, -0.25) is 9.69 Å². The van der Waals surface area contributed by atoms with E-state index in [0.717, 1.165) is 24.4 Å². The summed E-state index contributed by atoms with van der Waals surface area (Å²) in [5.41, 5.74) is 0.895. The lowest BCUT2D eigenvalue weighted by molar-refractivity contribution is -0.121. The van der Waals surface area contributed by atoms with Gasteiger partial charge in [0.25, 0.3) is 0 Å². The molecule has 0 saturated heterocycles. The van der Waals surface area contributed by atoms with E-state index in [4.69, 9.17) is 18.6 Å². The summed E-state index contributed by atoms with van der Waals surface area (Å²) in [5.74, 6) is 2.56. The van der Waals surface area contributed by atoms with Crippen LogP contribution in [0.2, 0.25) is 0 Å². The molecule has 0 aliphatic rings. The SMILES string of the molecule is CCN(CC)C(CNC(=O)CCc1ccc(OC)c(OC)c1OC)c1ccco1. The Bertz CT molecular complexity index is 757. The molecular formula is C22H32N2O5. The van der Waals surface area contributed by atoms with Gasteiger partial charge in [-0.05, 0) is 43.3 Å². The lowest BCUT2D eigenvalue weighted by Gasteiger charge is -2.28. The van der Waals surface area contributed by atoms with Crippen molar-refractivity contribution in [2.75, 3.05) is 41.0 Å². The van der Waals surface area contributed by atoms with Gasteiger partial charge in [-0.25, -0.2) is 0 Å². The molecule has 1 aromatic carbocycles. The van der Waals surface area contributed by atoms with Crippen LogP contribution in [-0.2, 0) is 11.2 Å². The minimum Gasteiger partial charge on any atom is -0.493 e. The Balaban J connectivity index is 2.00. The van der Waals surface area contributed by atoms with Crippen molar-refractivity contribution in [3.05, 3.63) is 41.9 Å². The number of nitrogens with one attached hydrogen (secondary N) is 1. The molecule has 1 aromatic heterocycles. The molecule has 1 N–H and O–H groups in total. The molecule has 0 aliphatic carbocycles. The van der Waals surface area contributed by atoms with Crippen LogP contribution in [0, 0.1) is 0 Å². The number of amides is 1. The molecule has 0 fully saturated rings. The third-order valence-corrected chi connectivity index (χ3v) is 5.02. The van der Waals surface area contributed by atoms with E-state index in [1.165, 1.54) is 0 Å². The summed E-state index contributed by atoms with van der Waals surface area (Å²) < 4.78 is 21.8. The second-order valence-corrected chi connectivity index (χ2v) is 6.55. The van der Waals surface area contributed by atoms with Gasteiger partial charge < -0.3 is 23.9 Å². The van der Waals surface area contributed by atoms with E-state index >= 15 is 0 Å². The Morgan fingerprint density at radius 2 is 1.79 bits per heavy atom. The van der Waals surface area contributed by atoms with E-state index < -0.39 is 0 Å². The number of likely N-dealkylation sites (N-methyl/N-ethyl adjacent to an activating group) is 1. The lowest BCUT2D eigenvalue weighted by Crippen LogP contribution is -2.38. The molecule has 2 rings (SSSR count). The average molecular weight is 405 g/mol. The molecule has 1 amide bonds. The van der Waals surface area contributed by atoms with Crippen molar-refractivity contribution in [2.24, 2.45) is 0 Å². The fourth-order valence-electron chi connectivity index (χ4n) is 3.46. The second-order valence-electron chi connectivity index (χ2n) is 6.55. The van der Waals surface area contributed by atoms with Gasteiger partial charge in [-0.15, -0.1) is 0 Å². The van der Waals surface area contributed by atoms with Gasteiger partial charge >= 0.3 is 0 Å².